The van der Waals surface area contributed by atoms with Gasteiger partial charge in [0.25, 0.3) is 0 Å². The van der Waals surface area contributed by atoms with Gasteiger partial charge in [0, 0.05) is 12.1 Å². The predicted molar refractivity (Wildman–Crippen MR) is 100 cm³/mol. The van der Waals surface area contributed by atoms with Crippen LogP contribution in [0.1, 0.15) is 59.3 Å². The van der Waals surface area contributed by atoms with Crippen molar-refractivity contribution >= 4 is 5.97 Å². The summed E-state index contributed by atoms with van der Waals surface area (Å²) in [5, 5.41) is 14.3. The second-order valence-electron chi connectivity index (χ2n) is 8.42. The van der Waals surface area contributed by atoms with Crippen molar-refractivity contribution in [3.05, 3.63) is 34.4 Å². The number of esters is 1. The molecule has 0 bridgehead atoms. The SMILES string of the molecule is Cc1c(C(O)CN2CCC3(CCNCC3C)CC2)ccc2c1COC2=O. The molecular formula is C21H30N2O3. The third kappa shape index (κ3) is 3.06. The number of carbonyl (C=O) groups is 1. The molecule has 4 rings (SSSR count). The van der Waals surface area contributed by atoms with Gasteiger partial charge in [-0.25, -0.2) is 4.79 Å². The van der Waals surface area contributed by atoms with Crippen molar-refractivity contribution in [1.82, 2.24) is 10.2 Å². The maximum Gasteiger partial charge on any atom is 0.338 e. The van der Waals surface area contributed by atoms with Crippen molar-refractivity contribution in [1.29, 1.82) is 0 Å². The molecule has 5 heteroatoms. The van der Waals surface area contributed by atoms with Gasteiger partial charge in [0.15, 0.2) is 0 Å². The number of piperidine rings is 2. The second-order valence-corrected chi connectivity index (χ2v) is 8.42. The highest BCUT2D eigenvalue weighted by Crippen LogP contribution is 2.43. The Morgan fingerprint density at radius 2 is 2.12 bits per heavy atom. The molecule has 0 amide bonds. The number of cyclic esters (lactones) is 1. The van der Waals surface area contributed by atoms with Gasteiger partial charge in [-0.1, -0.05) is 13.0 Å². The normalized spacial score (nSPS) is 26.6. The molecular weight excluding hydrogens is 328 g/mol. The fourth-order valence-corrected chi connectivity index (χ4v) is 5.11. The van der Waals surface area contributed by atoms with Crippen LogP contribution in [0.15, 0.2) is 12.1 Å². The molecule has 1 aromatic carbocycles. The van der Waals surface area contributed by atoms with Crippen molar-refractivity contribution in [2.45, 2.75) is 45.8 Å². The first-order chi connectivity index (χ1) is 12.5. The molecule has 0 radical (unpaired) electrons. The highest BCUT2D eigenvalue weighted by atomic mass is 16.5. The average Bonchev–Trinajstić information content (AvgIpc) is 3.02. The van der Waals surface area contributed by atoms with Crippen molar-refractivity contribution < 1.29 is 14.6 Å². The summed E-state index contributed by atoms with van der Waals surface area (Å²) in [6.07, 6.45) is 3.22. The Hall–Kier alpha value is -1.43. The maximum absolute atomic E-state index is 11.7. The number of hydrogen-bond donors (Lipinski definition) is 2. The second kappa shape index (κ2) is 6.95. The minimum atomic E-state index is -0.518. The van der Waals surface area contributed by atoms with Gasteiger partial charge in [-0.15, -0.1) is 0 Å². The monoisotopic (exact) mass is 358 g/mol. The van der Waals surface area contributed by atoms with Crippen molar-refractivity contribution in [2.24, 2.45) is 11.3 Å². The molecule has 1 spiro atoms. The number of benzene rings is 1. The lowest BCUT2D eigenvalue weighted by atomic mass is 9.65. The Bertz CT molecular complexity index is 695. The summed E-state index contributed by atoms with van der Waals surface area (Å²) >= 11 is 0. The highest BCUT2D eigenvalue weighted by molar-refractivity contribution is 5.93. The Kier molecular flexibility index (Phi) is 4.80. The smallest absolute Gasteiger partial charge is 0.338 e. The number of nitrogens with zero attached hydrogens (tertiary/aromatic N) is 1. The van der Waals surface area contributed by atoms with E-state index in [0.29, 0.717) is 24.1 Å². The third-order valence-electron chi connectivity index (χ3n) is 7.15. The van der Waals surface area contributed by atoms with Crippen LogP contribution in [0.2, 0.25) is 0 Å². The molecule has 2 atom stereocenters. The van der Waals surface area contributed by atoms with Crippen LogP contribution < -0.4 is 5.32 Å². The first-order valence-corrected chi connectivity index (χ1v) is 9.91. The van der Waals surface area contributed by atoms with E-state index in [1.54, 1.807) is 6.07 Å². The van der Waals surface area contributed by atoms with Crippen LogP contribution in [0.4, 0.5) is 0 Å². The number of rotatable bonds is 3. The number of likely N-dealkylation sites (tertiary alicyclic amines) is 1. The van der Waals surface area contributed by atoms with Crippen molar-refractivity contribution in [3.8, 4) is 0 Å². The number of aliphatic hydroxyl groups excluding tert-OH is 1. The molecule has 3 heterocycles. The van der Waals surface area contributed by atoms with E-state index in [9.17, 15) is 9.90 Å². The quantitative estimate of drug-likeness (QED) is 0.813. The number of hydrogen-bond acceptors (Lipinski definition) is 5. The maximum atomic E-state index is 11.7. The summed E-state index contributed by atoms with van der Waals surface area (Å²) < 4.78 is 5.13. The fourth-order valence-electron chi connectivity index (χ4n) is 5.11. The minimum Gasteiger partial charge on any atom is -0.457 e. The number of nitrogens with one attached hydrogen (secondary N) is 1. The van der Waals surface area contributed by atoms with Crippen LogP contribution >= 0.6 is 0 Å². The third-order valence-corrected chi connectivity index (χ3v) is 7.15. The summed E-state index contributed by atoms with van der Waals surface area (Å²) in [7, 11) is 0. The van der Waals surface area contributed by atoms with E-state index in [-0.39, 0.29) is 5.97 Å². The Balaban J connectivity index is 1.41. The lowest BCUT2D eigenvalue weighted by Crippen LogP contribution is -2.50. The first kappa shape index (κ1) is 18.0. The molecule has 1 aromatic rings. The van der Waals surface area contributed by atoms with Gasteiger partial charge < -0.3 is 20.1 Å². The summed E-state index contributed by atoms with van der Waals surface area (Å²) in [5.74, 6) is 0.487. The van der Waals surface area contributed by atoms with E-state index < -0.39 is 6.10 Å². The van der Waals surface area contributed by atoms with Crippen LogP contribution in [0.25, 0.3) is 0 Å². The molecule has 5 nitrogen and oxygen atoms in total. The van der Waals surface area contributed by atoms with Gasteiger partial charge in [0.1, 0.15) is 6.61 Å². The summed E-state index contributed by atoms with van der Waals surface area (Å²) in [6.45, 7) is 9.77. The average molecular weight is 358 g/mol. The Morgan fingerprint density at radius 3 is 2.85 bits per heavy atom. The van der Waals surface area contributed by atoms with Crippen LogP contribution in [-0.4, -0.2) is 48.7 Å². The van der Waals surface area contributed by atoms with E-state index >= 15 is 0 Å². The zero-order chi connectivity index (χ0) is 18.3. The largest absolute Gasteiger partial charge is 0.457 e. The number of aliphatic hydroxyl groups is 1. The lowest BCUT2D eigenvalue weighted by Gasteiger charge is -2.48. The van der Waals surface area contributed by atoms with Gasteiger partial charge in [-0.3, -0.25) is 0 Å². The minimum absolute atomic E-state index is 0.249. The standard InChI is InChI=1S/C21H30N2O3/c1-14-11-22-8-5-21(14)6-9-23(10-7-21)12-19(24)16-3-4-17-18(15(16)2)13-26-20(17)25/h3-4,14,19,22,24H,5-13H2,1-2H3. The summed E-state index contributed by atoms with van der Waals surface area (Å²) in [4.78, 5) is 14.1. The molecule has 0 aliphatic carbocycles. The summed E-state index contributed by atoms with van der Waals surface area (Å²) in [5.41, 5.74) is 4.01. The summed E-state index contributed by atoms with van der Waals surface area (Å²) in [6, 6.07) is 3.70. The van der Waals surface area contributed by atoms with Gasteiger partial charge in [0.2, 0.25) is 0 Å². The van der Waals surface area contributed by atoms with E-state index in [1.165, 1.54) is 19.3 Å². The molecule has 2 unspecified atom stereocenters. The van der Waals surface area contributed by atoms with Crippen LogP contribution in [0.3, 0.4) is 0 Å². The number of fused-ring (bicyclic) bond motifs is 1. The number of carbonyl (C=O) groups excluding carboxylic acids is 1. The predicted octanol–water partition coefficient (Wildman–Crippen LogP) is 2.41. The number of ether oxygens (including phenoxy) is 1. The fraction of sp³-hybridized carbons (Fsp3) is 0.667. The Labute approximate surface area is 155 Å². The van der Waals surface area contributed by atoms with Crippen molar-refractivity contribution in [2.75, 3.05) is 32.7 Å². The molecule has 2 N–H and O–H groups in total. The van der Waals surface area contributed by atoms with Gasteiger partial charge in [0.05, 0.1) is 11.7 Å². The molecule has 3 aliphatic heterocycles. The zero-order valence-electron chi connectivity index (χ0n) is 15.9. The topological polar surface area (TPSA) is 61.8 Å². The van der Waals surface area contributed by atoms with Crippen LogP contribution in [-0.2, 0) is 11.3 Å². The molecule has 3 aliphatic rings. The van der Waals surface area contributed by atoms with Gasteiger partial charge in [-0.05, 0) is 80.9 Å². The molecule has 142 valence electrons. The van der Waals surface area contributed by atoms with Crippen molar-refractivity contribution in [3.63, 3.8) is 0 Å². The molecule has 2 fully saturated rings. The highest BCUT2D eigenvalue weighted by Gasteiger charge is 2.40. The molecule has 0 aromatic heterocycles. The van der Waals surface area contributed by atoms with Gasteiger partial charge in [-0.2, -0.15) is 0 Å². The van der Waals surface area contributed by atoms with Gasteiger partial charge >= 0.3 is 5.97 Å². The van der Waals surface area contributed by atoms with E-state index in [0.717, 1.165) is 48.8 Å². The molecule has 2 saturated heterocycles. The first-order valence-electron chi connectivity index (χ1n) is 9.91. The molecule has 26 heavy (non-hydrogen) atoms. The number of β-amino-alcohol motifs (C(OH)–C–C–N with tert-alkyl or cyclic N) is 1. The zero-order valence-corrected chi connectivity index (χ0v) is 15.9. The van der Waals surface area contributed by atoms with Crippen LogP contribution in [0.5, 0.6) is 0 Å². The van der Waals surface area contributed by atoms with E-state index in [2.05, 4.69) is 17.1 Å². The van der Waals surface area contributed by atoms with E-state index in [4.69, 9.17) is 4.74 Å². The molecule has 0 saturated carbocycles. The van der Waals surface area contributed by atoms with Crippen LogP contribution in [0, 0.1) is 18.3 Å². The van der Waals surface area contributed by atoms with E-state index in [1.807, 2.05) is 13.0 Å². The Morgan fingerprint density at radius 1 is 1.35 bits per heavy atom. The lowest BCUT2D eigenvalue weighted by molar-refractivity contribution is 0.0118.